The van der Waals surface area contributed by atoms with E-state index in [4.69, 9.17) is 0 Å². The number of anilines is 2. The maximum Gasteiger partial charge on any atom is 0.323 e. The second-order valence-corrected chi connectivity index (χ2v) is 10.2. The molecule has 4 rings (SSSR count). The van der Waals surface area contributed by atoms with Gasteiger partial charge in [0.15, 0.2) is 0 Å². The lowest BCUT2D eigenvalue weighted by Gasteiger charge is -2.34. The van der Waals surface area contributed by atoms with Gasteiger partial charge in [0.1, 0.15) is 10.9 Å². The van der Waals surface area contributed by atoms with Crippen molar-refractivity contribution in [1.29, 1.82) is 0 Å². The van der Waals surface area contributed by atoms with Crippen molar-refractivity contribution in [3.63, 3.8) is 0 Å². The number of pyridine rings is 1. The van der Waals surface area contributed by atoms with E-state index in [0.29, 0.717) is 11.5 Å². The number of rotatable bonds is 10. The van der Waals surface area contributed by atoms with E-state index in [2.05, 4.69) is 35.2 Å². The first kappa shape index (κ1) is 26.0. The van der Waals surface area contributed by atoms with E-state index in [1.807, 2.05) is 12.1 Å². The third-order valence-corrected chi connectivity index (χ3v) is 7.28. The predicted octanol–water partition coefficient (Wildman–Crippen LogP) is 1.11. The van der Waals surface area contributed by atoms with E-state index in [0.717, 1.165) is 37.8 Å². The molecule has 12 nitrogen and oxygen atoms in total. The normalized spacial score (nSPS) is 16.5. The number of hydrogen-bond acceptors (Lipinski definition) is 9. The Kier molecular flexibility index (Phi) is 8.25. The number of carboxylic acids is 1. The quantitative estimate of drug-likeness (QED) is 0.301. The summed E-state index contributed by atoms with van der Waals surface area (Å²) < 4.78 is 26.9. The highest BCUT2D eigenvalue weighted by Crippen LogP contribution is 2.22. The Bertz CT molecular complexity index is 1310. The fraction of sp³-hybridized carbons (Fsp3) is 0.292. The zero-order chi connectivity index (χ0) is 26.3. The first-order valence-electron chi connectivity index (χ1n) is 11.6. The Labute approximate surface area is 214 Å². The van der Waals surface area contributed by atoms with E-state index < -0.39 is 34.5 Å². The van der Waals surface area contributed by atoms with Gasteiger partial charge in [-0.05, 0) is 55.3 Å². The Morgan fingerprint density at radius 1 is 1.08 bits per heavy atom. The van der Waals surface area contributed by atoms with Crippen molar-refractivity contribution >= 4 is 33.5 Å². The van der Waals surface area contributed by atoms with E-state index in [1.165, 1.54) is 18.3 Å². The summed E-state index contributed by atoms with van der Waals surface area (Å²) in [5, 5.41) is 15.3. The summed E-state index contributed by atoms with van der Waals surface area (Å²) in [5.41, 5.74) is 1.28. The van der Waals surface area contributed by atoms with Crippen molar-refractivity contribution in [1.82, 2.24) is 25.0 Å². The van der Waals surface area contributed by atoms with Crippen LogP contribution in [0.25, 0.3) is 0 Å². The van der Waals surface area contributed by atoms with Crippen LogP contribution in [0.1, 0.15) is 23.2 Å². The highest BCUT2D eigenvalue weighted by Gasteiger charge is 2.26. The van der Waals surface area contributed by atoms with Crippen molar-refractivity contribution in [3.8, 4) is 0 Å². The molecular weight excluding hydrogens is 498 g/mol. The number of nitrogens with zero attached hydrogens (tertiary/aromatic N) is 4. The predicted molar refractivity (Wildman–Crippen MR) is 136 cm³/mol. The number of carbonyl (C=O) groups excluding carboxylic acids is 1. The van der Waals surface area contributed by atoms with Gasteiger partial charge in [-0.15, -0.1) is 0 Å². The average Bonchev–Trinajstić information content (AvgIpc) is 2.92. The van der Waals surface area contributed by atoms with Crippen molar-refractivity contribution in [2.45, 2.75) is 29.8 Å². The van der Waals surface area contributed by atoms with E-state index >= 15 is 0 Å². The Morgan fingerprint density at radius 2 is 1.84 bits per heavy atom. The molecule has 0 unspecified atom stereocenters. The van der Waals surface area contributed by atoms with Crippen LogP contribution in [-0.2, 0) is 14.8 Å². The van der Waals surface area contributed by atoms with Gasteiger partial charge in [-0.1, -0.05) is 0 Å². The van der Waals surface area contributed by atoms with Gasteiger partial charge < -0.3 is 20.6 Å². The fourth-order valence-electron chi connectivity index (χ4n) is 3.95. The summed E-state index contributed by atoms with van der Waals surface area (Å²) in [6.45, 7) is 1.19. The molecule has 3 aromatic rings. The van der Waals surface area contributed by atoms with Crippen LogP contribution >= 0.6 is 0 Å². The third kappa shape index (κ3) is 6.98. The minimum atomic E-state index is -4.12. The van der Waals surface area contributed by atoms with Crippen LogP contribution in [0.5, 0.6) is 0 Å². The summed E-state index contributed by atoms with van der Waals surface area (Å²) in [7, 11) is -4.12. The molecule has 194 valence electrons. The van der Waals surface area contributed by atoms with Gasteiger partial charge in [0.2, 0.25) is 16.0 Å². The van der Waals surface area contributed by atoms with Gasteiger partial charge in [0.05, 0.1) is 0 Å². The molecule has 4 N–H and O–H groups in total. The molecule has 1 saturated heterocycles. The molecule has 0 spiro atoms. The Hall–Kier alpha value is -4.10. The number of benzene rings is 1. The molecule has 0 saturated carbocycles. The zero-order valence-corrected chi connectivity index (χ0v) is 20.6. The molecule has 1 amide bonds. The molecule has 0 bridgehead atoms. The van der Waals surface area contributed by atoms with Crippen molar-refractivity contribution in [2.24, 2.45) is 0 Å². The Balaban J connectivity index is 1.33. The van der Waals surface area contributed by atoms with Crippen molar-refractivity contribution in [2.75, 3.05) is 29.9 Å². The highest BCUT2D eigenvalue weighted by molar-refractivity contribution is 7.89. The van der Waals surface area contributed by atoms with Crippen LogP contribution in [-0.4, -0.2) is 72.1 Å². The molecule has 37 heavy (non-hydrogen) atoms. The van der Waals surface area contributed by atoms with E-state index in [-0.39, 0.29) is 10.9 Å². The molecule has 13 heteroatoms. The molecule has 0 radical (unpaired) electrons. The third-order valence-electron chi connectivity index (χ3n) is 5.82. The molecular formula is C24H27N7O5S. The van der Waals surface area contributed by atoms with Crippen LogP contribution in [0, 0.1) is 0 Å². The van der Waals surface area contributed by atoms with Gasteiger partial charge in [0.25, 0.3) is 5.91 Å². The van der Waals surface area contributed by atoms with Gasteiger partial charge in [0, 0.05) is 61.7 Å². The summed E-state index contributed by atoms with van der Waals surface area (Å²) in [4.78, 5) is 38.4. The largest absolute Gasteiger partial charge is 0.480 e. The van der Waals surface area contributed by atoms with Crippen molar-refractivity contribution < 1.29 is 23.1 Å². The second kappa shape index (κ2) is 11.8. The lowest BCUT2D eigenvalue weighted by molar-refractivity contribution is -0.138. The van der Waals surface area contributed by atoms with Crippen LogP contribution in [0.4, 0.5) is 11.6 Å². The first-order chi connectivity index (χ1) is 17.8. The number of sulfonamides is 1. The summed E-state index contributed by atoms with van der Waals surface area (Å²) >= 11 is 0. The molecule has 1 aliphatic heterocycles. The maximum atomic E-state index is 12.6. The topological polar surface area (TPSA) is 167 Å². The van der Waals surface area contributed by atoms with Gasteiger partial charge in [-0.25, -0.2) is 18.4 Å². The van der Waals surface area contributed by atoms with Gasteiger partial charge in [-0.3, -0.25) is 14.6 Å². The number of aliphatic carboxylic acids is 1. The lowest BCUT2D eigenvalue weighted by Crippen LogP contribution is -2.48. The number of carbonyl (C=O) groups is 2. The lowest BCUT2D eigenvalue weighted by atomic mass is 10.0. The van der Waals surface area contributed by atoms with E-state index in [9.17, 15) is 23.1 Å². The monoisotopic (exact) mass is 525 g/mol. The molecule has 2 aromatic heterocycles. The van der Waals surface area contributed by atoms with Gasteiger partial charge in [-0.2, -0.15) is 4.72 Å². The van der Waals surface area contributed by atoms with Crippen LogP contribution in [0.2, 0.25) is 0 Å². The number of nitrogens with one attached hydrogen (secondary N) is 3. The Morgan fingerprint density at radius 3 is 2.51 bits per heavy atom. The smallest absolute Gasteiger partial charge is 0.323 e. The van der Waals surface area contributed by atoms with Crippen LogP contribution in [0.15, 0.2) is 72.1 Å². The number of carboxylic acid groups (broad SMARTS) is 1. The molecule has 3 heterocycles. The SMILES string of the molecule is O=C(NC[C@H](NS(=O)(=O)c1cccnc1)C(=O)O)c1ccc(N2CCC[C@H](Nc3ncccn3)C2)cc1. The summed E-state index contributed by atoms with van der Waals surface area (Å²) in [5.74, 6) is -1.35. The van der Waals surface area contributed by atoms with Gasteiger partial charge >= 0.3 is 5.97 Å². The molecule has 1 fully saturated rings. The number of hydrogen-bond donors (Lipinski definition) is 4. The minimum Gasteiger partial charge on any atom is -0.480 e. The zero-order valence-electron chi connectivity index (χ0n) is 19.8. The summed E-state index contributed by atoms with van der Waals surface area (Å²) in [6.07, 6.45) is 7.86. The highest BCUT2D eigenvalue weighted by atomic mass is 32.2. The number of piperidine rings is 1. The number of amides is 1. The second-order valence-electron chi connectivity index (χ2n) is 8.46. The first-order valence-corrected chi connectivity index (χ1v) is 13.1. The van der Waals surface area contributed by atoms with Crippen LogP contribution in [0.3, 0.4) is 0 Å². The molecule has 1 aromatic carbocycles. The molecule has 0 aliphatic carbocycles. The van der Waals surface area contributed by atoms with E-state index in [1.54, 1.807) is 30.6 Å². The average molecular weight is 526 g/mol. The standard InChI is InChI=1S/C24H27N7O5S/c32-22(28-15-21(23(33)34)30-37(35,36)20-5-1-10-25-14-20)17-6-8-19(9-7-17)31-13-2-4-18(16-31)29-24-26-11-3-12-27-24/h1,3,5-12,14,18,21,30H,2,4,13,15-16H2,(H,28,32)(H,33,34)(H,26,27,29)/t18-,21-/m0/s1. The molecule has 2 atom stereocenters. The van der Waals surface area contributed by atoms with Crippen LogP contribution < -0.4 is 20.3 Å². The fourth-order valence-corrected chi connectivity index (χ4v) is 5.10. The number of aromatic nitrogens is 3. The minimum absolute atomic E-state index is 0.172. The van der Waals surface area contributed by atoms with Crippen molar-refractivity contribution in [3.05, 3.63) is 72.8 Å². The maximum absolute atomic E-state index is 12.6. The molecule has 1 aliphatic rings. The summed E-state index contributed by atoms with van der Waals surface area (Å²) in [6, 6.07) is 10.1.